The number of anilines is 1. The molecule has 5 unspecified atom stereocenters. The smallest absolute Gasteiger partial charge is 0.304 e. The Bertz CT molecular complexity index is 735. The molecule has 4 N–H and O–H groups in total. The zero-order chi connectivity index (χ0) is 19.3. The molecule has 1 aromatic heterocycles. The van der Waals surface area contributed by atoms with E-state index in [1.54, 1.807) is 0 Å². The fourth-order valence-corrected chi connectivity index (χ4v) is 6.14. The van der Waals surface area contributed by atoms with Gasteiger partial charge < -0.3 is 20.6 Å². The molecule has 0 radical (unpaired) electrons. The van der Waals surface area contributed by atoms with Crippen molar-refractivity contribution in [2.24, 2.45) is 16.7 Å². The molecule has 1 heterocycles. The lowest BCUT2D eigenvalue weighted by Crippen LogP contribution is -2.57. The van der Waals surface area contributed by atoms with Crippen molar-refractivity contribution in [3.8, 4) is 0 Å². The van der Waals surface area contributed by atoms with Crippen molar-refractivity contribution in [3.63, 3.8) is 0 Å². The van der Waals surface area contributed by atoms with E-state index in [1.807, 2.05) is 6.92 Å². The number of carboxylic acid groups (broad SMARTS) is 1. The summed E-state index contributed by atoms with van der Waals surface area (Å²) in [6.45, 7) is 5.21. The molecule has 5 atom stereocenters. The monoisotopic (exact) mass is 382 g/mol. The van der Waals surface area contributed by atoms with Crippen LogP contribution in [0.15, 0.2) is 0 Å². The topological polar surface area (TPSA) is 120 Å². The van der Waals surface area contributed by atoms with E-state index in [4.69, 9.17) is 0 Å². The Labute approximate surface area is 156 Å². The van der Waals surface area contributed by atoms with Crippen LogP contribution in [0.5, 0.6) is 0 Å². The second kappa shape index (κ2) is 6.58. The van der Waals surface area contributed by atoms with E-state index in [9.17, 15) is 24.9 Å². The van der Waals surface area contributed by atoms with Gasteiger partial charge in [-0.05, 0) is 30.6 Å². The van der Waals surface area contributed by atoms with Gasteiger partial charge in [0.25, 0.3) is 0 Å². The van der Waals surface area contributed by atoms with Crippen molar-refractivity contribution >= 4 is 28.3 Å². The van der Waals surface area contributed by atoms with Gasteiger partial charge in [-0.15, -0.1) is 11.3 Å². The fraction of sp³-hybridized carbons (Fsp3) is 0.722. The largest absolute Gasteiger partial charge is 0.481 e. The van der Waals surface area contributed by atoms with Crippen LogP contribution in [0.1, 0.15) is 56.5 Å². The number of hydrogen-bond donors (Lipinski definition) is 4. The van der Waals surface area contributed by atoms with Crippen LogP contribution in [0, 0.1) is 16.7 Å². The Morgan fingerprint density at radius 3 is 2.65 bits per heavy atom. The molecule has 26 heavy (non-hydrogen) atoms. The van der Waals surface area contributed by atoms with E-state index in [-0.39, 0.29) is 36.2 Å². The van der Waals surface area contributed by atoms with Gasteiger partial charge in [0, 0.05) is 23.1 Å². The number of aliphatic hydroxyl groups is 2. The van der Waals surface area contributed by atoms with Crippen molar-refractivity contribution in [3.05, 3.63) is 10.6 Å². The van der Waals surface area contributed by atoms with Crippen molar-refractivity contribution in [2.45, 2.75) is 58.5 Å². The maximum atomic E-state index is 11.6. The van der Waals surface area contributed by atoms with Crippen LogP contribution in [-0.2, 0) is 16.0 Å². The number of fused-ring (bicyclic) bond motifs is 2. The first-order valence-corrected chi connectivity index (χ1v) is 9.71. The van der Waals surface area contributed by atoms with Crippen LogP contribution in [-0.4, -0.2) is 44.9 Å². The molecule has 1 saturated carbocycles. The number of carboxylic acids is 1. The molecule has 1 amide bonds. The van der Waals surface area contributed by atoms with Crippen LogP contribution in [0.3, 0.4) is 0 Å². The van der Waals surface area contributed by atoms with Crippen LogP contribution in [0.2, 0.25) is 0 Å². The number of nitrogens with zero attached hydrogens (tertiary/aromatic N) is 1. The van der Waals surface area contributed by atoms with E-state index in [0.29, 0.717) is 24.4 Å². The lowest BCUT2D eigenvalue weighted by Gasteiger charge is -2.58. The van der Waals surface area contributed by atoms with E-state index >= 15 is 0 Å². The lowest BCUT2D eigenvalue weighted by atomic mass is 9.47. The highest BCUT2D eigenvalue weighted by molar-refractivity contribution is 7.15. The second-order valence-corrected chi connectivity index (χ2v) is 9.22. The Morgan fingerprint density at radius 2 is 2.08 bits per heavy atom. The fourth-order valence-electron chi connectivity index (χ4n) is 5.02. The molecular formula is C18H26N2O5S. The third-order valence-corrected chi connectivity index (χ3v) is 7.56. The SMILES string of the molecule is CC(=O)Nc1nc2c(s1)CC1C(C)(CO)C(O)CCC1(C)C2CC(=O)O. The van der Waals surface area contributed by atoms with Crippen molar-refractivity contribution < 1.29 is 24.9 Å². The number of aliphatic carboxylic acids is 1. The number of rotatable bonds is 4. The van der Waals surface area contributed by atoms with Gasteiger partial charge in [0.05, 0.1) is 24.8 Å². The molecule has 1 fully saturated rings. The number of aromatic nitrogens is 1. The number of carbonyl (C=O) groups excluding carboxylic acids is 1. The maximum absolute atomic E-state index is 11.6. The molecule has 1 aromatic rings. The number of nitrogens with one attached hydrogen (secondary N) is 1. The normalized spacial score (nSPS) is 36.1. The summed E-state index contributed by atoms with van der Waals surface area (Å²) in [5.41, 5.74) is -0.333. The Hall–Kier alpha value is -1.51. The van der Waals surface area contributed by atoms with Crippen LogP contribution in [0.25, 0.3) is 0 Å². The molecule has 0 aromatic carbocycles. The first-order valence-electron chi connectivity index (χ1n) is 8.89. The molecule has 0 bridgehead atoms. The Morgan fingerprint density at radius 1 is 1.38 bits per heavy atom. The number of amides is 1. The predicted molar refractivity (Wildman–Crippen MR) is 97.1 cm³/mol. The zero-order valence-electron chi connectivity index (χ0n) is 15.3. The van der Waals surface area contributed by atoms with Crippen molar-refractivity contribution in [1.82, 2.24) is 4.98 Å². The van der Waals surface area contributed by atoms with E-state index in [2.05, 4.69) is 17.2 Å². The second-order valence-electron chi connectivity index (χ2n) is 8.14. The highest BCUT2D eigenvalue weighted by Gasteiger charge is 2.59. The van der Waals surface area contributed by atoms with E-state index < -0.39 is 17.5 Å². The molecule has 3 rings (SSSR count). The average molecular weight is 382 g/mol. The summed E-state index contributed by atoms with van der Waals surface area (Å²) in [6, 6.07) is 0. The summed E-state index contributed by atoms with van der Waals surface area (Å²) in [6.07, 6.45) is 1.14. The minimum absolute atomic E-state index is 0.0547. The minimum atomic E-state index is -0.895. The van der Waals surface area contributed by atoms with E-state index in [1.165, 1.54) is 18.3 Å². The third kappa shape index (κ3) is 2.93. The van der Waals surface area contributed by atoms with Gasteiger partial charge in [-0.3, -0.25) is 9.59 Å². The molecular weight excluding hydrogens is 356 g/mol. The van der Waals surface area contributed by atoms with Gasteiger partial charge in [-0.2, -0.15) is 0 Å². The quantitative estimate of drug-likeness (QED) is 0.632. The number of carbonyl (C=O) groups is 2. The molecule has 144 valence electrons. The Balaban J connectivity index is 2.11. The zero-order valence-corrected chi connectivity index (χ0v) is 16.1. The summed E-state index contributed by atoms with van der Waals surface area (Å²) < 4.78 is 0. The minimum Gasteiger partial charge on any atom is -0.481 e. The summed E-state index contributed by atoms with van der Waals surface area (Å²) in [7, 11) is 0. The molecule has 0 saturated heterocycles. The van der Waals surface area contributed by atoms with Crippen LogP contribution < -0.4 is 5.32 Å². The maximum Gasteiger partial charge on any atom is 0.304 e. The number of thiazole rings is 1. The highest BCUT2D eigenvalue weighted by atomic mass is 32.1. The van der Waals surface area contributed by atoms with Crippen LogP contribution >= 0.6 is 11.3 Å². The summed E-state index contributed by atoms with van der Waals surface area (Å²) >= 11 is 1.36. The summed E-state index contributed by atoms with van der Waals surface area (Å²) in [5, 5.41) is 33.3. The third-order valence-electron chi connectivity index (χ3n) is 6.56. The molecule has 0 aliphatic heterocycles. The van der Waals surface area contributed by atoms with Crippen molar-refractivity contribution in [1.29, 1.82) is 0 Å². The molecule has 2 aliphatic rings. The predicted octanol–water partition coefficient (Wildman–Crippen LogP) is 1.99. The van der Waals surface area contributed by atoms with Gasteiger partial charge in [-0.25, -0.2) is 4.98 Å². The summed E-state index contributed by atoms with van der Waals surface area (Å²) in [4.78, 5) is 28.5. The first-order chi connectivity index (χ1) is 12.1. The molecule has 0 spiro atoms. The first kappa shape index (κ1) is 19.3. The molecule has 7 nitrogen and oxygen atoms in total. The summed E-state index contributed by atoms with van der Waals surface area (Å²) in [5.74, 6) is -1.49. The lowest BCUT2D eigenvalue weighted by molar-refractivity contribution is -0.150. The van der Waals surface area contributed by atoms with Crippen molar-refractivity contribution in [2.75, 3.05) is 11.9 Å². The van der Waals surface area contributed by atoms with Gasteiger partial charge in [0.1, 0.15) is 0 Å². The van der Waals surface area contributed by atoms with Gasteiger partial charge >= 0.3 is 5.97 Å². The van der Waals surface area contributed by atoms with Gasteiger partial charge in [0.15, 0.2) is 5.13 Å². The molecule has 2 aliphatic carbocycles. The number of aliphatic hydroxyl groups excluding tert-OH is 2. The van der Waals surface area contributed by atoms with Crippen LogP contribution in [0.4, 0.5) is 5.13 Å². The van der Waals surface area contributed by atoms with Gasteiger partial charge in [-0.1, -0.05) is 13.8 Å². The highest BCUT2D eigenvalue weighted by Crippen LogP contribution is 2.62. The standard InChI is InChI=1S/C18H26N2O5S/c1-9(22)19-16-20-15-10(6-14(24)25)17(2)5-4-13(23)18(3,8-21)12(17)7-11(15)26-16/h10,12-13,21,23H,4-8H2,1-3H3,(H,24,25)(H,19,20,22). The molecule has 8 heteroatoms. The Kier molecular flexibility index (Phi) is 4.87. The average Bonchev–Trinajstić information content (AvgIpc) is 2.94. The number of hydrogen-bond acceptors (Lipinski definition) is 6. The van der Waals surface area contributed by atoms with Gasteiger partial charge in [0.2, 0.25) is 5.91 Å². The van der Waals surface area contributed by atoms with E-state index in [0.717, 1.165) is 10.6 Å².